The van der Waals surface area contributed by atoms with Crippen molar-refractivity contribution in [3.05, 3.63) is 62.6 Å². The van der Waals surface area contributed by atoms with E-state index in [9.17, 15) is 13.9 Å². The molecule has 1 N–H and O–H groups in total. The highest BCUT2D eigenvalue weighted by atomic mass is 79.9. The molecule has 2 nitrogen and oxygen atoms in total. The molecule has 0 spiro atoms. The van der Waals surface area contributed by atoms with Crippen LogP contribution in [0.15, 0.2) is 34.8 Å². The maximum atomic E-state index is 13.6. The molecule has 2 rings (SSSR count). The maximum absolute atomic E-state index is 13.6. The van der Waals surface area contributed by atoms with Gasteiger partial charge in [-0.3, -0.25) is 0 Å². The third kappa shape index (κ3) is 3.54. The number of hydrogen-bond acceptors (Lipinski definition) is 2. The van der Waals surface area contributed by atoms with E-state index in [0.717, 1.165) is 12.1 Å². The lowest BCUT2D eigenvalue weighted by molar-refractivity contribution is 0.171. The molecule has 0 heterocycles. The second-order valence-corrected chi connectivity index (χ2v) is 5.72. The van der Waals surface area contributed by atoms with Gasteiger partial charge in [0.1, 0.15) is 17.4 Å². The Labute approximate surface area is 134 Å². The minimum Gasteiger partial charge on any atom is -0.495 e. The van der Waals surface area contributed by atoms with Crippen LogP contribution in [0, 0.1) is 11.6 Å². The first-order valence-corrected chi connectivity index (χ1v) is 7.25. The highest BCUT2D eigenvalue weighted by Crippen LogP contribution is 2.37. The number of halogens is 4. The Morgan fingerprint density at radius 3 is 2.48 bits per heavy atom. The van der Waals surface area contributed by atoms with E-state index in [4.69, 9.17) is 16.3 Å². The molecular weight excluding hydrogens is 366 g/mol. The van der Waals surface area contributed by atoms with Crippen LogP contribution in [0.1, 0.15) is 17.2 Å². The number of aliphatic hydroxyl groups excluding tert-OH is 1. The lowest BCUT2D eigenvalue weighted by Crippen LogP contribution is -2.07. The molecule has 2 aromatic carbocycles. The maximum Gasteiger partial charge on any atom is 0.138 e. The van der Waals surface area contributed by atoms with Crippen molar-refractivity contribution in [3.8, 4) is 5.75 Å². The Bertz CT molecular complexity index is 644. The van der Waals surface area contributed by atoms with Crippen molar-refractivity contribution in [1.82, 2.24) is 0 Å². The molecule has 0 aliphatic heterocycles. The predicted molar refractivity (Wildman–Crippen MR) is 80.7 cm³/mol. The topological polar surface area (TPSA) is 29.5 Å². The Balaban J connectivity index is 2.39. The summed E-state index contributed by atoms with van der Waals surface area (Å²) in [6, 6.07) is 6.69. The Morgan fingerprint density at radius 2 is 1.90 bits per heavy atom. The molecule has 1 atom stereocenters. The SMILES string of the molecule is COc1c(Br)cc(Cl)cc1C(O)Cc1c(F)cccc1F. The van der Waals surface area contributed by atoms with Crippen molar-refractivity contribution in [2.75, 3.05) is 7.11 Å². The molecule has 0 aliphatic carbocycles. The number of aliphatic hydroxyl groups is 1. The average molecular weight is 378 g/mol. The van der Waals surface area contributed by atoms with E-state index in [1.54, 1.807) is 6.07 Å². The number of ether oxygens (including phenoxy) is 1. The van der Waals surface area contributed by atoms with Gasteiger partial charge in [-0.1, -0.05) is 17.7 Å². The van der Waals surface area contributed by atoms with Gasteiger partial charge in [0.05, 0.1) is 17.7 Å². The molecule has 0 amide bonds. The predicted octanol–water partition coefficient (Wildman–Crippen LogP) is 4.67. The van der Waals surface area contributed by atoms with Gasteiger partial charge in [0.2, 0.25) is 0 Å². The zero-order valence-electron chi connectivity index (χ0n) is 11.0. The zero-order valence-corrected chi connectivity index (χ0v) is 13.4. The quantitative estimate of drug-likeness (QED) is 0.839. The van der Waals surface area contributed by atoms with E-state index in [1.165, 1.54) is 19.2 Å². The summed E-state index contributed by atoms with van der Waals surface area (Å²) in [5.74, 6) is -1.02. The number of benzene rings is 2. The molecule has 21 heavy (non-hydrogen) atoms. The fraction of sp³-hybridized carbons (Fsp3) is 0.200. The average Bonchev–Trinajstić information content (AvgIpc) is 2.42. The molecular formula is C15H12BrClF2O2. The smallest absolute Gasteiger partial charge is 0.138 e. The third-order valence-electron chi connectivity index (χ3n) is 3.06. The highest BCUT2D eigenvalue weighted by Gasteiger charge is 2.20. The first-order valence-electron chi connectivity index (χ1n) is 6.08. The van der Waals surface area contributed by atoms with Crippen molar-refractivity contribution in [2.45, 2.75) is 12.5 Å². The van der Waals surface area contributed by atoms with Crippen LogP contribution >= 0.6 is 27.5 Å². The normalized spacial score (nSPS) is 12.3. The van der Waals surface area contributed by atoms with Crippen LogP contribution in [0.4, 0.5) is 8.78 Å². The van der Waals surface area contributed by atoms with E-state index < -0.39 is 17.7 Å². The van der Waals surface area contributed by atoms with Crippen molar-refractivity contribution in [3.63, 3.8) is 0 Å². The van der Waals surface area contributed by atoms with Gasteiger partial charge in [-0.2, -0.15) is 0 Å². The Morgan fingerprint density at radius 1 is 1.29 bits per heavy atom. The van der Waals surface area contributed by atoms with Gasteiger partial charge in [0.25, 0.3) is 0 Å². The molecule has 112 valence electrons. The van der Waals surface area contributed by atoms with E-state index in [2.05, 4.69) is 15.9 Å². The molecule has 0 radical (unpaired) electrons. The molecule has 0 bridgehead atoms. The van der Waals surface area contributed by atoms with Crippen LogP contribution in [0.25, 0.3) is 0 Å². The van der Waals surface area contributed by atoms with Gasteiger partial charge >= 0.3 is 0 Å². The molecule has 0 fully saturated rings. The van der Waals surface area contributed by atoms with E-state index in [0.29, 0.717) is 20.8 Å². The van der Waals surface area contributed by atoms with Gasteiger partial charge in [0.15, 0.2) is 0 Å². The van der Waals surface area contributed by atoms with Crippen LogP contribution < -0.4 is 4.74 Å². The number of methoxy groups -OCH3 is 1. The van der Waals surface area contributed by atoms with Crippen LogP contribution in [0.3, 0.4) is 0 Å². The van der Waals surface area contributed by atoms with Crippen molar-refractivity contribution in [1.29, 1.82) is 0 Å². The Hall–Kier alpha value is -1.17. The summed E-state index contributed by atoms with van der Waals surface area (Å²) in [4.78, 5) is 0. The molecule has 1 unspecified atom stereocenters. The summed E-state index contributed by atoms with van der Waals surface area (Å²) in [6.07, 6.45) is -1.37. The molecule has 0 aromatic heterocycles. The van der Waals surface area contributed by atoms with Crippen LogP contribution in [-0.4, -0.2) is 12.2 Å². The lowest BCUT2D eigenvalue weighted by Gasteiger charge is -2.17. The highest BCUT2D eigenvalue weighted by molar-refractivity contribution is 9.10. The first-order chi connectivity index (χ1) is 9.93. The van der Waals surface area contributed by atoms with Gasteiger partial charge < -0.3 is 9.84 Å². The third-order valence-corrected chi connectivity index (χ3v) is 3.87. The minimum atomic E-state index is -1.15. The lowest BCUT2D eigenvalue weighted by atomic mass is 10.00. The summed E-state index contributed by atoms with van der Waals surface area (Å²) in [7, 11) is 1.44. The van der Waals surface area contributed by atoms with Crippen molar-refractivity contribution >= 4 is 27.5 Å². The van der Waals surface area contributed by atoms with Crippen LogP contribution in [0.5, 0.6) is 5.75 Å². The van der Waals surface area contributed by atoms with E-state index in [1.807, 2.05) is 0 Å². The minimum absolute atomic E-state index is 0.178. The van der Waals surface area contributed by atoms with E-state index in [-0.39, 0.29) is 12.0 Å². The van der Waals surface area contributed by atoms with Gasteiger partial charge in [-0.15, -0.1) is 0 Å². The van der Waals surface area contributed by atoms with Crippen LogP contribution in [-0.2, 0) is 6.42 Å². The molecule has 6 heteroatoms. The molecule has 0 saturated heterocycles. The zero-order chi connectivity index (χ0) is 15.6. The molecule has 0 saturated carbocycles. The Kier molecular flexibility index (Phi) is 5.19. The summed E-state index contributed by atoms with van der Waals surface area (Å²) in [5.41, 5.74) is 0.183. The van der Waals surface area contributed by atoms with Crippen molar-refractivity contribution in [2.24, 2.45) is 0 Å². The second kappa shape index (κ2) is 6.73. The van der Waals surface area contributed by atoms with Gasteiger partial charge in [-0.25, -0.2) is 8.78 Å². The summed E-state index contributed by atoms with van der Waals surface area (Å²) < 4.78 is 33.1. The summed E-state index contributed by atoms with van der Waals surface area (Å²) in [6.45, 7) is 0. The standard InChI is InChI=1S/C15H12BrClF2O2/c1-21-15-10(5-8(17)6-11(15)16)14(20)7-9-12(18)3-2-4-13(9)19/h2-6,14,20H,7H2,1H3. The van der Waals surface area contributed by atoms with E-state index >= 15 is 0 Å². The first kappa shape index (κ1) is 16.2. The fourth-order valence-corrected chi connectivity index (χ4v) is 3.07. The number of rotatable bonds is 4. The van der Waals surface area contributed by atoms with Gasteiger partial charge in [0, 0.05) is 22.6 Å². The largest absolute Gasteiger partial charge is 0.495 e. The summed E-state index contributed by atoms with van der Waals surface area (Å²) in [5, 5.41) is 10.7. The van der Waals surface area contributed by atoms with Crippen molar-refractivity contribution < 1.29 is 18.6 Å². The molecule has 0 aliphatic rings. The van der Waals surface area contributed by atoms with Gasteiger partial charge in [-0.05, 0) is 40.2 Å². The molecule has 2 aromatic rings. The second-order valence-electron chi connectivity index (χ2n) is 4.43. The van der Waals surface area contributed by atoms with Crippen LogP contribution in [0.2, 0.25) is 5.02 Å². The number of hydrogen-bond donors (Lipinski definition) is 1. The fourth-order valence-electron chi connectivity index (χ4n) is 2.07. The summed E-state index contributed by atoms with van der Waals surface area (Å²) >= 11 is 9.22. The monoisotopic (exact) mass is 376 g/mol.